The summed E-state index contributed by atoms with van der Waals surface area (Å²) in [6, 6.07) is 15.4. The molecular weight excluding hydrogens is 405 g/mol. The Morgan fingerprint density at radius 3 is 2.52 bits per heavy atom. The predicted octanol–water partition coefficient (Wildman–Crippen LogP) is 6.16. The highest BCUT2D eigenvalue weighted by Crippen LogP contribution is 2.49. The molecule has 1 amide bonds. The molecule has 2 aromatic carbocycles. The Bertz CT molecular complexity index is 909. The van der Waals surface area contributed by atoms with Gasteiger partial charge in [-0.1, -0.05) is 53.5 Å². The number of benzene rings is 2. The molecule has 0 bridgehead atoms. The van der Waals surface area contributed by atoms with E-state index < -0.39 is 11.6 Å². The number of rotatable bonds is 6. The van der Waals surface area contributed by atoms with Gasteiger partial charge in [0.1, 0.15) is 12.2 Å². The van der Waals surface area contributed by atoms with Gasteiger partial charge >= 0.3 is 0 Å². The van der Waals surface area contributed by atoms with Crippen LogP contribution in [0.25, 0.3) is 0 Å². The van der Waals surface area contributed by atoms with Crippen molar-refractivity contribution in [3.63, 3.8) is 0 Å². The fraction of sp³-hybridized carbons (Fsp3) is 0.375. The number of ether oxygens (including phenoxy) is 1. The van der Waals surface area contributed by atoms with Crippen LogP contribution in [0.4, 0.5) is 0 Å². The largest absolute Gasteiger partial charge is 0.357 e. The molecule has 4 rings (SSSR count). The van der Waals surface area contributed by atoms with Gasteiger partial charge in [0, 0.05) is 23.0 Å². The molecule has 1 saturated carbocycles. The highest BCUT2D eigenvalue weighted by molar-refractivity contribution is 6.30. The van der Waals surface area contributed by atoms with Gasteiger partial charge in [-0.2, -0.15) is 0 Å². The van der Waals surface area contributed by atoms with Gasteiger partial charge in [-0.05, 0) is 61.1 Å². The Labute approximate surface area is 182 Å². The zero-order chi connectivity index (χ0) is 20.6. The van der Waals surface area contributed by atoms with Gasteiger partial charge in [-0.15, -0.1) is 6.58 Å². The number of nitrogens with zero attached hydrogens (tertiary/aromatic N) is 1. The van der Waals surface area contributed by atoms with E-state index in [1.165, 1.54) is 0 Å². The first-order valence-electron chi connectivity index (χ1n) is 10.0. The molecule has 1 aliphatic heterocycles. The summed E-state index contributed by atoms with van der Waals surface area (Å²) in [4.78, 5) is 15.5. The van der Waals surface area contributed by atoms with Gasteiger partial charge in [0.2, 0.25) is 0 Å². The van der Waals surface area contributed by atoms with Crippen molar-refractivity contribution in [1.29, 1.82) is 0 Å². The van der Waals surface area contributed by atoms with Gasteiger partial charge in [-0.3, -0.25) is 4.79 Å². The Morgan fingerprint density at radius 2 is 1.90 bits per heavy atom. The van der Waals surface area contributed by atoms with E-state index in [9.17, 15) is 4.79 Å². The number of carbonyl (C=O) groups is 1. The fourth-order valence-corrected chi connectivity index (χ4v) is 4.54. The fourth-order valence-electron chi connectivity index (χ4n) is 4.21. The lowest BCUT2D eigenvalue weighted by atomic mass is 9.78. The standard InChI is InChI=1S/C24H25Cl2NO2/c1-3-5-21-23(28)27(15-16-8-9-16)24(2,18-10-12-19(25)13-11-18)22(29-21)17-6-4-7-20(26)14-17/h3-4,6-7,10-14,16,21-22H,1,5,8-9,15H2,2H3/t21-,22?,24+/m0/s1. The maximum atomic E-state index is 13.5. The van der Waals surface area contributed by atoms with Crippen LogP contribution in [-0.2, 0) is 15.1 Å². The van der Waals surface area contributed by atoms with Gasteiger partial charge in [0.15, 0.2) is 0 Å². The maximum Gasteiger partial charge on any atom is 0.252 e. The predicted molar refractivity (Wildman–Crippen MR) is 117 cm³/mol. The second-order valence-electron chi connectivity index (χ2n) is 8.13. The van der Waals surface area contributed by atoms with E-state index in [4.69, 9.17) is 27.9 Å². The topological polar surface area (TPSA) is 29.5 Å². The zero-order valence-corrected chi connectivity index (χ0v) is 18.0. The summed E-state index contributed by atoms with van der Waals surface area (Å²) < 4.78 is 6.46. The highest BCUT2D eigenvalue weighted by atomic mass is 35.5. The van der Waals surface area contributed by atoms with E-state index in [1.54, 1.807) is 6.08 Å². The van der Waals surface area contributed by atoms with Gasteiger partial charge in [-0.25, -0.2) is 0 Å². The normalized spacial score (nSPS) is 27.1. The molecule has 0 spiro atoms. The smallest absolute Gasteiger partial charge is 0.252 e. The minimum absolute atomic E-state index is 0.0209. The molecule has 2 fully saturated rings. The van der Waals surface area contributed by atoms with Crippen molar-refractivity contribution < 1.29 is 9.53 Å². The molecule has 29 heavy (non-hydrogen) atoms. The molecule has 5 heteroatoms. The van der Waals surface area contributed by atoms with E-state index in [0.717, 1.165) is 30.5 Å². The summed E-state index contributed by atoms with van der Waals surface area (Å²) in [5.41, 5.74) is 1.28. The van der Waals surface area contributed by atoms with Crippen molar-refractivity contribution >= 4 is 29.1 Å². The molecule has 1 heterocycles. The SMILES string of the molecule is C=CC[C@@H]1OC(c2cccc(Cl)c2)[C@@](C)(c2ccc(Cl)cc2)N(CC2CC2)C1=O. The van der Waals surface area contributed by atoms with Gasteiger partial charge in [0.05, 0.1) is 5.54 Å². The lowest BCUT2D eigenvalue weighted by Crippen LogP contribution is -2.60. The number of hydrogen-bond acceptors (Lipinski definition) is 2. The zero-order valence-electron chi connectivity index (χ0n) is 16.5. The molecular formula is C24H25Cl2NO2. The van der Waals surface area contributed by atoms with Crippen LogP contribution in [0.3, 0.4) is 0 Å². The van der Waals surface area contributed by atoms with Crippen molar-refractivity contribution in [2.24, 2.45) is 5.92 Å². The molecule has 0 N–H and O–H groups in total. The van der Waals surface area contributed by atoms with Crippen molar-refractivity contribution in [2.75, 3.05) is 6.54 Å². The van der Waals surface area contributed by atoms with Crippen molar-refractivity contribution in [2.45, 2.75) is 43.9 Å². The Morgan fingerprint density at radius 1 is 1.17 bits per heavy atom. The first kappa shape index (κ1) is 20.5. The van der Waals surface area contributed by atoms with E-state index in [0.29, 0.717) is 22.4 Å². The summed E-state index contributed by atoms with van der Waals surface area (Å²) in [6.07, 6.45) is 3.65. The van der Waals surface area contributed by atoms with Crippen molar-refractivity contribution in [1.82, 2.24) is 4.90 Å². The summed E-state index contributed by atoms with van der Waals surface area (Å²) in [7, 11) is 0. The lowest BCUT2D eigenvalue weighted by Gasteiger charge is -2.52. The molecule has 1 unspecified atom stereocenters. The van der Waals surface area contributed by atoms with E-state index in [2.05, 4.69) is 13.5 Å². The number of hydrogen-bond donors (Lipinski definition) is 0. The third-order valence-electron chi connectivity index (χ3n) is 6.01. The monoisotopic (exact) mass is 429 g/mol. The summed E-state index contributed by atoms with van der Waals surface area (Å²) in [5.74, 6) is 0.570. The van der Waals surface area contributed by atoms with E-state index in [1.807, 2.05) is 53.4 Å². The molecule has 3 atom stereocenters. The van der Waals surface area contributed by atoms with Crippen LogP contribution in [0.15, 0.2) is 61.2 Å². The van der Waals surface area contributed by atoms with Crippen LogP contribution >= 0.6 is 23.2 Å². The number of morpholine rings is 1. The quantitative estimate of drug-likeness (QED) is 0.514. The first-order valence-corrected chi connectivity index (χ1v) is 10.8. The molecule has 152 valence electrons. The maximum absolute atomic E-state index is 13.5. The van der Waals surface area contributed by atoms with Gasteiger partial charge in [0.25, 0.3) is 5.91 Å². The molecule has 0 radical (unpaired) electrons. The summed E-state index contributed by atoms with van der Waals surface area (Å²) in [5, 5.41) is 1.31. The van der Waals surface area contributed by atoms with Crippen LogP contribution < -0.4 is 0 Å². The van der Waals surface area contributed by atoms with Crippen LogP contribution in [0.5, 0.6) is 0 Å². The molecule has 1 saturated heterocycles. The molecule has 2 aliphatic rings. The van der Waals surface area contributed by atoms with Crippen molar-refractivity contribution in [3.05, 3.63) is 82.4 Å². The lowest BCUT2D eigenvalue weighted by molar-refractivity contribution is -0.192. The molecule has 3 nitrogen and oxygen atoms in total. The van der Waals surface area contributed by atoms with Crippen LogP contribution in [-0.4, -0.2) is 23.5 Å². The molecule has 1 aliphatic carbocycles. The third-order valence-corrected chi connectivity index (χ3v) is 6.50. The highest BCUT2D eigenvalue weighted by Gasteiger charge is 2.53. The Balaban J connectivity index is 1.86. The van der Waals surface area contributed by atoms with Crippen LogP contribution in [0, 0.1) is 5.92 Å². The minimum Gasteiger partial charge on any atom is -0.357 e. The minimum atomic E-state index is -0.674. The Kier molecular flexibility index (Phi) is 5.74. The van der Waals surface area contributed by atoms with Crippen LogP contribution in [0.1, 0.15) is 43.4 Å². The average molecular weight is 430 g/mol. The average Bonchev–Trinajstić information content (AvgIpc) is 3.52. The Hall–Kier alpha value is -1.81. The second kappa shape index (κ2) is 8.14. The number of halogens is 2. The number of amides is 1. The molecule has 0 aromatic heterocycles. The second-order valence-corrected chi connectivity index (χ2v) is 9.00. The van der Waals surface area contributed by atoms with Crippen molar-refractivity contribution in [3.8, 4) is 0 Å². The van der Waals surface area contributed by atoms with E-state index in [-0.39, 0.29) is 12.0 Å². The van der Waals surface area contributed by atoms with Gasteiger partial charge < -0.3 is 9.64 Å². The third kappa shape index (κ3) is 3.96. The summed E-state index contributed by atoms with van der Waals surface area (Å²) in [6.45, 7) is 6.63. The van der Waals surface area contributed by atoms with Crippen LogP contribution in [0.2, 0.25) is 10.0 Å². The molecule has 2 aromatic rings. The number of carbonyl (C=O) groups excluding carboxylic acids is 1. The first-order chi connectivity index (χ1) is 13.9. The summed E-state index contributed by atoms with van der Waals surface area (Å²) >= 11 is 12.5. The van der Waals surface area contributed by atoms with E-state index >= 15 is 0 Å².